The Kier molecular flexibility index (Phi) is 12.5. The Morgan fingerprint density at radius 1 is 1.07 bits per heavy atom. The lowest BCUT2D eigenvalue weighted by Gasteiger charge is -2.37. The Morgan fingerprint density at radius 2 is 1.77 bits per heavy atom. The van der Waals surface area contributed by atoms with Crippen LogP contribution < -0.4 is 10.6 Å². The van der Waals surface area contributed by atoms with Gasteiger partial charge in [0, 0.05) is 38.3 Å². The summed E-state index contributed by atoms with van der Waals surface area (Å²) < 4.78 is 11.1. The number of guanidine groups is 1. The molecule has 0 aromatic heterocycles. The van der Waals surface area contributed by atoms with Crippen LogP contribution in [-0.4, -0.2) is 69.5 Å². The fourth-order valence-corrected chi connectivity index (χ4v) is 3.68. The quantitative estimate of drug-likeness (QED) is 0.291. The number of benzene rings is 1. The number of hydrogen-bond acceptors (Lipinski definition) is 4. The first-order chi connectivity index (χ1) is 14.7. The number of nitrogens with one attached hydrogen (secondary N) is 2. The lowest BCUT2D eigenvalue weighted by Crippen LogP contribution is -2.49. The van der Waals surface area contributed by atoms with Crippen molar-refractivity contribution in [3.8, 4) is 0 Å². The predicted octanol–water partition coefficient (Wildman–Crippen LogP) is 3.60. The minimum Gasteiger partial charge on any atom is -0.379 e. The Labute approximate surface area is 183 Å². The van der Waals surface area contributed by atoms with E-state index in [2.05, 4.69) is 71.6 Å². The van der Waals surface area contributed by atoms with E-state index < -0.39 is 0 Å². The van der Waals surface area contributed by atoms with E-state index in [9.17, 15) is 0 Å². The summed E-state index contributed by atoms with van der Waals surface area (Å²) in [6, 6.07) is 11.7. The first kappa shape index (κ1) is 24.6. The van der Waals surface area contributed by atoms with Gasteiger partial charge in [0.15, 0.2) is 5.96 Å². The van der Waals surface area contributed by atoms with Crippen LogP contribution in [0.15, 0.2) is 35.3 Å². The van der Waals surface area contributed by atoms with Crippen molar-refractivity contribution in [2.24, 2.45) is 4.99 Å². The van der Waals surface area contributed by atoms with Crippen molar-refractivity contribution >= 4 is 5.96 Å². The van der Waals surface area contributed by atoms with Gasteiger partial charge in [0.05, 0.1) is 26.4 Å². The molecule has 1 heterocycles. The maximum atomic E-state index is 5.62. The summed E-state index contributed by atoms with van der Waals surface area (Å²) in [5.74, 6) is 0.898. The highest BCUT2D eigenvalue weighted by Gasteiger charge is 2.23. The highest BCUT2D eigenvalue weighted by molar-refractivity contribution is 5.80. The molecule has 1 aliphatic rings. The van der Waals surface area contributed by atoms with Crippen LogP contribution >= 0.6 is 0 Å². The number of nitrogens with zero attached hydrogens (tertiary/aromatic N) is 2. The molecule has 2 rings (SSSR count). The van der Waals surface area contributed by atoms with Gasteiger partial charge in [-0.15, -0.1) is 0 Å². The smallest absolute Gasteiger partial charge is 0.191 e. The SMILES string of the molecule is CCCCOCCOCCN=C(NCC)NC1CCN(C(C)c2ccccc2)CC1. The van der Waals surface area contributed by atoms with Crippen LogP contribution in [0.5, 0.6) is 0 Å². The molecule has 2 N–H and O–H groups in total. The molecule has 1 aromatic carbocycles. The van der Waals surface area contributed by atoms with Crippen LogP contribution in [0, 0.1) is 0 Å². The van der Waals surface area contributed by atoms with Crippen LogP contribution in [0.25, 0.3) is 0 Å². The number of aliphatic imine (C=N–C) groups is 1. The zero-order chi connectivity index (χ0) is 21.4. The fourth-order valence-electron chi connectivity index (χ4n) is 3.68. The second-order valence-corrected chi connectivity index (χ2v) is 7.88. The summed E-state index contributed by atoms with van der Waals surface area (Å²) in [6.07, 6.45) is 4.55. The van der Waals surface area contributed by atoms with Crippen molar-refractivity contribution in [1.82, 2.24) is 15.5 Å². The van der Waals surface area contributed by atoms with Gasteiger partial charge < -0.3 is 20.1 Å². The van der Waals surface area contributed by atoms with Crippen LogP contribution in [0.2, 0.25) is 0 Å². The molecular weight excluding hydrogens is 376 g/mol. The Morgan fingerprint density at radius 3 is 2.43 bits per heavy atom. The van der Waals surface area contributed by atoms with Crippen LogP contribution in [0.4, 0.5) is 0 Å². The van der Waals surface area contributed by atoms with Gasteiger partial charge in [0.2, 0.25) is 0 Å². The van der Waals surface area contributed by atoms with Crippen molar-refractivity contribution < 1.29 is 9.47 Å². The number of rotatable bonds is 13. The number of ether oxygens (including phenoxy) is 2. The predicted molar refractivity (Wildman–Crippen MR) is 125 cm³/mol. The van der Waals surface area contributed by atoms with Gasteiger partial charge in [-0.05, 0) is 38.7 Å². The maximum Gasteiger partial charge on any atom is 0.191 e. The third-order valence-electron chi connectivity index (χ3n) is 5.56. The summed E-state index contributed by atoms with van der Waals surface area (Å²) in [7, 11) is 0. The largest absolute Gasteiger partial charge is 0.379 e. The first-order valence-corrected chi connectivity index (χ1v) is 11.7. The van der Waals surface area contributed by atoms with E-state index in [-0.39, 0.29) is 0 Å². The van der Waals surface area contributed by atoms with Gasteiger partial charge in [-0.25, -0.2) is 0 Å². The van der Waals surface area contributed by atoms with Gasteiger partial charge in [-0.1, -0.05) is 43.7 Å². The molecule has 6 heteroatoms. The van der Waals surface area contributed by atoms with Gasteiger partial charge in [-0.3, -0.25) is 9.89 Å². The van der Waals surface area contributed by atoms with Crippen LogP contribution in [0.3, 0.4) is 0 Å². The molecule has 1 aromatic rings. The molecule has 0 spiro atoms. The zero-order valence-corrected chi connectivity index (χ0v) is 19.2. The molecule has 0 amide bonds. The number of likely N-dealkylation sites (tertiary alicyclic amines) is 1. The Balaban J connectivity index is 1.65. The van der Waals surface area contributed by atoms with Gasteiger partial charge in [0.25, 0.3) is 0 Å². The maximum absolute atomic E-state index is 5.62. The van der Waals surface area contributed by atoms with Gasteiger partial charge >= 0.3 is 0 Å². The molecule has 0 bridgehead atoms. The summed E-state index contributed by atoms with van der Waals surface area (Å²) in [5.41, 5.74) is 1.40. The minimum atomic E-state index is 0.468. The first-order valence-electron chi connectivity index (χ1n) is 11.7. The lowest BCUT2D eigenvalue weighted by molar-refractivity contribution is 0.0497. The Bertz CT molecular complexity index is 574. The molecule has 1 atom stereocenters. The van der Waals surface area contributed by atoms with E-state index in [1.807, 2.05) is 0 Å². The van der Waals surface area contributed by atoms with Crippen molar-refractivity contribution in [3.63, 3.8) is 0 Å². The topological polar surface area (TPSA) is 58.1 Å². The zero-order valence-electron chi connectivity index (χ0n) is 19.2. The molecule has 170 valence electrons. The average Bonchev–Trinajstić information content (AvgIpc) is 2.78. The second kappa shape index (κ2) is 15.2. The van der Waals surface area contributed by atoms with E-state index >= 15 is 0 Å². The Hall–Kier alpha value is -1.63. The van der Waals surface area contributed by atoms with Crippen LogP contribution in [0.1, 0.15) is 58.1 Å². The molecule has 6 nitrogen and oxygen atoms in total. The molecule has 1 saturated heterocycles. The summed E-state index contributed by atoms with van der Waals surface area (Å²) in [6.45, 7) is 13.1. The van der Waals surface area contributed by atoms with Crippen molar-refractivity contribution in [3.05, 3.63) is 35.9 Å². The van der Waals surface area contributed by atoms with Gasteiger partial charge in [0.1, 0.15) is 0 Å². The summed E-state index contributed by atoms with van der Waals surface area (Å²) in [4.78, 5) is 7.25. The second-order valence-electron chi connectivity index (χ2n) is 7.88. The van der Waals surface area contributed by atoms with E-state index in [0.717, 1.165) is 51.5 Å². The van der Waals surface area contributed by atoms with E-state index in [1.54, 1.807) is 0 Å². The molecule has 1 fully saturated rings. The molecular formula is C24H42N4O2. The standard InChI is InChI=1S/C24H42N4O2/c1-4-6-17-29-19-20-30-18-14-26-24(25-5-2)27-23-12-15-28(16-13-23)21(3)22-10-8-7-9-11-22/h7-11,21,23H,4-6,12-20H2,1-3H3,(H2,25,26,27). The van der Waals surface area contributed by atoms with Crippen LogP contribution in [-0.2, 0) is 9.47 Å². The van der Waals surface area contributed by atoms with E-state index in [1.165, 1.54) is 12.0 Å². The van der Waals surface area contributed by atoms with Crippen molar-refractivity contribution in [2.45, 2.75) is 58.5 Å². The number of piperidine rings is 1. The highest BCUT2D eigenvalue weighted by atomic mass is 16.5. The molecule has 0 radical (unpaired) electrons. The number of unbranched alkanes of at least 4 members (excludes halogenated alkanes) is 1. The summed E-state index contributed by atoms with van der Waals surface area (Å²) >= 11 is 0. The highest BCUT2D eigenvalue weighted by Crippen LogP contribution is 2.23. The molecule has 1 aliphatic heterocycles. The van der Waals surface area contributed by atoms with E-state index in [0.29, 0.717) is 38.4 Å². The average molecular weight is 419 g/mol. The lowest BCUT2D eigenvalue weighted by atomic mass is 10.0. The van der Waals surface area contributed by atoms with E-state index in [4.69, 9.17) is 9.47 Å². The van der Waals surface area contributed by atoms with Crippen molar-refractivity contribution in [1.29, 1.82) is 0 Å². The molecule has 30 heavy (non-hydrogen) atoms. The normalized spacial score (nSPS) is 17.1. The third kappa shape index (κ3) is 9.45. The monoisotopic (exact) mass is 418 g/mol. The molecule has 0 saturated carbocycles. The molecule has 1 unspecified atom stereocenters. The molecule has 0 aliphatic carbocycles. The van der Waals surface area contributed by atoms with Crippen molar-refractivity contribution in [2.75, 3.05) is 52.6 Å². The summed E-state index contributed by atoms with van der Waals surface area (Å²) in [5, 5.41) is 6.97. The third-order valence-corrected chi connectivity index (χ3v) is 5.56. The fraction of sp³-hybridized carbons (Fsp3) is 0.708. The van der Waals surface area contributed by atoms with Gasteiger partial charge in [-0.2, -0.15) is 0 Å². The minimum absolute atomic E-state index is 0.468. The number of hydrogen-bond donors (Lipinski definition) is 2.